The summed E-state index contributed by atoms with van der Waals surface area (Å²) in [5, 5.41) is 25.6. The van der Waals surface area contributed by atoms with Crippen LogP contribution in [0.3, 0.4) is 0 Å². The summed E-state index contributed by atoms with van der Waals surface area (Å²) >= 11 is 0. The molecule has 0 unspecified atom stereocenters. The number of hydrogen-bond donors (Lipinski definition) is 3. The maximum absolute atomic E-state index is 10.3. The Labute approximate surface area is 392 Å². The van der Waals surface area contributed by atoms with E-state index in [4.69, 9.17) is 15.3 Å². The molecule has 0 fully saturated rings. The van der Waals surface area contributed by atoms with E-state index in [-0.39, 0.29) is 17.4 Å². The van der Waals surface area contributed by atoms with Crippen molar-refractivity contribution >= 4 is 35.3 Å². The molecule has 0 aliphatic heterocycles. The zero-order valence-electron chi connectivity index (χ0n) is 41.0. The molecule has 0 rings (SSSR count). The molecule has 0 heterocycles. The minimum Gasteiger partial charge on any atom is -0.481 e. The fourth-order valence-electron chi connectivity index (χ4n) is 7.94. The molecule has 6 nitrogen and oxygen atoms in total. The van der Waals surface area contributed by atoms with Crippen molar-refractivity contribution in [3.8, 4) is 0 Å². The van der Waals surface area contributed by atoms with Crippen molar-refractivity contribution in [1.82, 2.24) is 0 Å². The monoisotopic (exact) mass is 883 g/mol. The first-order valence-electron chi connectivity index (χ1n) is 27.0. The Hall–Kier alpha value is -1.06. The maximum Gasteiger partial charge on any atom is 0.303 e. The van der Waals surface area contributed by atoms with Crippen LogP contribution in [0.4, 0.5) is 0 Å². The third-order valence-corrected chi connectivity index (χ3v) is 12.0. The van der Waals surface area contributed by atoms with Gasteiger partial charge in [0.2, 0.25) is 0 Å². The number of carbonyl (C=O) groups is 3. The van der Waals surface area contributed by atoms with Gasteiger partial charge in [-0.1, -0.05) is 290 Å². The molecule has 0 spiro atoms. The van der Waals surface area contributed by atoms with Gasteiger partial charge in [0.25, 0.3) is 0 Å². The lowest BCUT2D eigenvalue weighted by Gasteiger charge is -2.03. The van der Waals surface area contributed by atoms with Gasteiger partial charge in [0.05, 0.1) is 0 Å². The first-order chi connectivity index (χ1) is 29.3. The Morgan fingerprint density at radius 3 is 0.410 bits per heavy atom. The lowest BCUT2D eigenvalue weighted by molar-refractivity contribution is -0.138. The molecule has 0 aliphatic rings. The molecule has 0 bridgehead atoms. The summed E-state index contributed by atoms with van der Waals surface area (Å²) in [5.41, 5.74) is 0. The third kappa shape index (κ3) is 76.6. The Morgan fingerprint density at radius 2 is 0.311 bits per heavy atom. The molecule has 0 aromatic carbocycles. The van der Waals surface area contributed by atoms with Crippen LogP contribution in [0.2, 0.25) is 0 Å². The average Bonchev–Trinajstić information content (AvgIpc) is 3.22. The van der Waals surface area contributed by atoms with Crippen LogP contribution in [0.25, 0.3) is 0 Å². The summed E-state index contributed by atoms with van der Waals surface area (Å²) in [6.45, 7) is 6.81. The van der Waals surface area contributed by atoms with E-state index >= 15 is 0 Å². The molecular formula is C54H111AlO6. The van der Waals surface area contributed by atoms with Gasteiger partial charge >= 0.3 is 17.9 Å². The number of unbranched alkanes of at least 4 members (excludes halogenated alkanes) is 42. The molecule has 0 aliphatic carbocycles. The highest BCUT2D eigenvalue weighted by molar-refractivity contribution is 5.75. The van der Waals surface area contributed by atoms with Crippen molar-refractivity contribution in [3.05, 3.63) is 0 Å². The maximum atomic E-state index is 10.3. The van der Waals surface area contributed by atoms with Gasteiger partial charge in [-0.25, -0.2) is 0 Å². The number of rotatable bonds is 48. The zero-order chi connectivity index (χ0) is 44.7. The second-order valence-electron chi connectivity index (χ2n) is 18.3. The van der Waals surface area contributed by atoms with E-state index in [1.807, 2.05) is 0 Å². The van der Waals surface area contributed by atoms with E-state index in [2.05, 4.69) is 20.8 Å². The normalized spacial score (nSPS) is 10.7. The lowest BCUT2D eigenvalue weighted by Crippen LogP contribution is -1.93. The van der Waals surface area contributed by atoms with Crippen LogP contribution in [0.15, 0.2) is 0 Å². The minimum atomic E-state index is -0.653. The predicted molar refractivity (Wildman–Crippen MR) is 271 cm³/mol. The van der Waals surface area contributed by atoms with Gasteiger partial charge in [-0.3, -0.25) is 14.4 Å². The van der Waals surface area contributed by atoms with Gasteiger partial charge in [0.1, 0.15) is 0 Å². The summed E-state index contributed by atoms with van der Waals surface area (Å²) in [4.78, 5) is 31.0. The molecule has 0 atom stereocenters. The van der Waals surface area contributed by atoms with Crippen LogP contribution in [-0.4, -0.2) is 50.6 Å². The molecular weight excluding hydrogens is 772 g/mol. The SMILES string of the molecule is CCCCCCCCCCCCCCCCCC(=O)O.CCCCCCCCCCCCCCCCCC(=O)O.CCCCCCCCCCCCCCCCCC(=O)O.[AlH3]. The third-order valence-electron chi connectivity index (χ3n) is 12.0. The fraction of sp³-hybridized carbons (Fsp3) is 0.944. The first kappa shape index (κ1) is 66.5. The van der Waals surface area contributed by atoms with Crippen LogP contribution in [0, 0.1) is 0 Å². The molecule has 0 saturated carbocycles. The number of aliphatic carboxylic acids is 3. The van der Waals surface area contributed by atoms with E-state index in [0.29, 0.717) is 19.3 Å². The van der Waals surface area contributed by atoms with Gasteiger partial charge in [-0.2, -0.15) is 0 Å². The molecule has 3 N–H and O–H groups in total. The average molecular weight is 883 g/mol. The molecule has 0 saturated heterocycles. The van der Waals surface area contributed by atoms with Crippen LogP contribution in [0.5, 0.6) is 0 Å². The second kappa shape index (κ2) is 63.2. The molecule has 0 aromatic heterocycles. The highest BCUT2D eigenvalue weighted by Gasteiger charge is 2.00. The Bertz CT molecular complexity index is 717. The van der Waals surface area contributed by atoms with Crippen molar-refractivity contribution in [3.63, 3.8) is 0 Å². The van der Waals surface area contributed by atoms with Crippen LogP contribution < -0.4 is 0 Å². The molecule has 0 radical (unpaired) electrons. The van der Waals surface area contributed by atoms with Gasteiger partial charge < -0.3 is 15.3 Å². The molecule has 0 amide bonds. The second-order valence-corrected chi connectivity index (χ2v) is 18.3. The predicted octanol–water partition coefficient (Wildman–Crippen LogP) is 17.8. The van der Waals surface area contributed by atoms with Gasteiger partial charge in [-0.05, 0) is 19.3 Å². The Morgan fingerprint density at radius 1 is 0.213 bits per heavy atom. The standard InChI is InChI=1S/3C18H36O2.Al.3H/c3*1-2-3-4-5-6-7-8-9-10-11-12-13-14-15-16-17-18(19)20;;;;/h3*2-17H2,1H3,(H,19,20);;;;. The van der Waals surface area contributed by atoms with Crippen molar-refractivity contribution in [2.24, 2.45) is 0 Å². The van der Waals surface area contributed by atoms with Gasteiger partial charge in [-0.15, -0.1) is 0 Å². The topological polar surface area (TPSA) is 112 Å². The molecule has 0 aromatic rings. The summed E-state index contributed by atoms with van der Waals surface area (Å²) in [5.74, 6) is -1.96. The number of carboxylic acid groups (broad SMARTS) is 3. The number of hydrogen-bond acceptors (Lipinski definition) is 3. The highest BCUT2D eigenvalue weighted by atomic mass is 27.0. The summed E-state index contributed by atoms with van der Waals surface area (Å²) < 4.78 is 0. The van der Waals surface area contributed by atoms with Crippen molar-refractivity contribution < 1.29 is 29.7 Å². The van der Waals surface area contributed by atoms with Gasteiger partial charge in [0.15, 0.2) is 17.4 Å². The van der Waals surface area contributed by atoms with Gasteiger partial charge in [0, 0.05) is 19.3 Å². The van der Waals surface area contributed by atoms with E-state index in [1.165, 1.54) is 250 Å². The summed E-state index contributed by atoms with van der Waals surface area (Å²) in [6, 6.07) is 0. The smallest absolute Gasteiger partial charge is 0.303 e. The quantitative estimate of drug-likeness (QED) is 0.0414. The number of carboxylic acids is 3. The van der Waals surface area contributed by atoms with E-state index in [0.717, 1.165) is 38.5 Å². The zero-order valence-corrected chi connectivity index (χ0v) is 41.0. The summed E-state index contributed by atoms with van der Waals surface area (Å²) in [6.07, 6.45) is 60.6. The highest BCUT2D eigenvalue weighted by Crippen LogP contribution is 2.16. The Kier molecular flexibility index (Phi) is 69.0. The lowest BCUT2D eigenvalue weighted by atomic mass is 10.0. The molecule has 7 heteroatoms. The largest absolute Gasteiger partial charge is 0.481 e. The first-order valence-corrected chi connectivity index (χ1v) is 27.0. The fourth-order valence-corrected chi connectivity index (χ4v) is 7.94. The van der Waals surface area contributed by atoms with Crippen molar-refractivity contribution in [2.75, 3.05) is 0 Å². The van der Waals surface area contributed by atoms with Crippen LogP contribution in [0.1, 0.15) is 329 Å². The van der Waals surface area contributed by atoms with Crippen molar-refractivity contribution in [2.45, 2.75) is 329 Å². The summed E-state index contributed by atoms with van der Waals surface area (Å²) in [7, 11) is 0. The van der Waals surface area contributed by atoms with E-state index < -0.39 is 17.9 Å². The molecule has 61 heavy (non-hydrogen) atoms. The van der Waals surface area contributed by atoms with E-state index in [1.54, 1.807) is 0 Å². The van der Waals surface area contributed by atoms with Crippen LogP contribution >= 0.6 is 0 Å². The van der Waals surface area contributed by atoms with Crippen LogP contribution in [-0.2, 0) is 14.4 Å². The minimum absolute atomic E-state index is 0. The molecule has 366 valence electrons. The van der Waals surface area contributed by atoms with Crippen molar-refractivity contribution in [1.29, 1.82) is 0 Å². The van der Waals surface area contributed by atoms with E-state index in [9.17, 15) is 14.4 Å². The Balaban J connectivity index is -0.000000396.